The van der Waals surface area contributed by atoms with Gasteiger partial charge in [-0.2, -0.15) is 5.01 Å². The predicted octanol–water partition coefficient (Wildman–Crippen LogP) is 7.44. The molecule has 0 saturated heterocycles. The van der Waals surface area contributed by atoms with Gasteiger partial charge in [0.25, 0.3) is 5.91 Å². The molecule has 0 unspecified atom stereocenters. The molecule has 2 saturated carbocycles. The lowest BCUT2D eigenvalue weighted by Crippen LogP contribution is -2.30. The lowest BCUT2D eigenvalue weighted by atomic mass is 9.80. The minimum atomic E-state index is -0.546. The minimum Gasteiger partial charge on any atom is -0.507 e. The Kier molecular flexibility index (Phi) is 8.76. The summed E-state index contributed by atoms with van der Waals surface area (Å²) < 4.78 is 5.42. The molecule has 6 rings (SSSR count). The zero-order chi connectivity index (χ0) is 31.8. The Morgan fingerprint density at radius 3 is 1.93 bits per heavy atom. The van der Waals surface area contributed by atoms with Gasteiger partial charge in [-0.25, -0.2) is 0 Å². The third-order valence-electron chi connectivity index (χ3n) is 10.2. The quantitative estimate of drug-likeness (QED) is 0.286. The monoisotopic (exact) mass is 611 g/mol. The second kappa shape index (κ2) is 12.7. The van der Waals surface area contributed by atoms with Gasteiger partial charge in [0.2, 0.25) is 11.7 Å². The van der Waals surface area contributed by atoms with E-state index in [1.807, 2.05) is 39.0 Å². The summed E-state index contributed by atoms with van der Waals surface area (Å²) in [7, 11) is 1.38. The summed E-state index contributed by atoms with van der Waals surface area (Å²) >= 11 is 0. The van der Waals surface area contributed by atoms with Gasteiger partial charge in [0.05, 0.1) is 23.9 Å². The van der Waals surface area contributed by atoms with Crippen LogP contribution >= 0.6 is 0 Å². The first-order chi connectivity index (χ1) is 21.7. The van der Waals surface area contributed by atoms with Crippen LogP contribution in [-0.2, 0) is 14.3 Å². The molecule has 1 amide bonds. The number of nitrogens with zero attached hydrogens (tertiary/aromatic N) is 3. The fourth-order valence-electron chi connectivity index (χ4n) is 7.86. The molecule has 0 radical (unpaired) electrons. The van der Waals surface area contributed by atoms with Crippen molar-refractivity contribution in [3.63, 3.8) is 0 Å². The fraction of sp³-hybridized carbons (Fsp3) is 0.486. The maximum absolute atomic E-state index is 13.7. The van der Waals surface area contributed by atoms with Crippen molar-refractivity contribution in [3.8, 4) is 5.75 Å². The van der Waals surface area contributed by atoms with E-state index in [1.54, 1.807) is 12.1 Å². The van der Waals surface area contributed by atoms with E-state index in [4.69, 9.17) is 4.74 Å². The van der Waals surface area contributed by atoms with E-state index >= 15 is 0 Å². The summed E-state index contributed by atoms with van der Waals surface area (Å²) in [6.07, 6.45) is 12.8. The molecule has 238 valence electrons. The van der Waals surface area contributed by atoms with Gasteiger partial charge in [-0.1, -0.05) is 69.1 Å². The number of hydrogen-bond acceptors (Lipinski definition) is 7. The van der Waals surface area contributed by atoms with Crippen LogP contribution in [0, 0.1) is 32.6 Å². The largest absolute Gasteiger partial charge is 0.507 e. The van der Waals surface area contributed by atoms with E-state index in [0.29, 0.717) is 5.69 Å². The van der Waals surface area contributed by atoms with Gasteiger partial charge in [-0.15, -0.1) is 5.10 Å². The number of amides is 1. The number of allylic oxidation sites excluding steroid dienone is 2. The van der Waals surface area contributed by atoms with Gasteiger partial charge in [0.15, 0.2) is 0 Å². The molecule has 2 aromatic rings. The number of phenols is 1. The molecular weight excluding hydrogens is 566 g/mol. The lowest BCUT2D eigenvalue weighted by Gasteiger charge is -2.29. The molecule has 2 N–H and O–H groups in total. The van der Waals surface area contributed by atoms with Gasteiger partial charge < -0.3 is 19.8 Å². The highest BCUT2D eigenvalue weighted by atomic mass is 16.5. The number of Topliss-reactive ketones (excluding diaryl/α,β-unsaturated/α-hetero) is 1. The van der Waals surface area contributed by atoms with Crippen molar-refractivity contribution >= 4 is 34.5 Å². The number of aliphatic hydroxyl groups excluding tert-OH is 1. The normalized spacial score (nSPS) is 20.8. The van der Waals surface area contributed by atoms with Crippen LogP contribution in [0.15, 0.2) is 52.3 Å². The minimum absolute atomic E-state index is 0.00517. The van der Waals surface area contributed by atoms with Crippen molar-refractivity contribution in [2.45, 2.75) is 85.0 Å². The Labute approximate surface area is 266 Å². The number of aliphatic hydroxyl groups is 1. The maximum atomic E-state index is 13.7. The zero-order valence-corrected chi connectivity index (χ0v) is 27.0. The Morgan fingerprint density at radius 2 is 1.42 bits per heavy atom. The van der Waals surface area contributed by atoms with E-state index in [0.717, 1.165) is 60.1 Å². The number of carbonyl (C=O) groups is 2. The van der Waals surface area contributed by atoms with Gasteiger partial charge in [0.1, 0.15) is 17.1 Å². The second-order valence-corrected chi connectivity index (χ2v) is 13.3. The number of benzene rings is 2. The average Bonchev–Trinajstić information content (AvgIpc) is 3.78. The van der Waals surface area contributed by atoms with E-state index < -0.39 is 11.7 Å². The number of aryl methyl sites for hydroxylation is 3. The highest BCUT2D eigenvalue weighted by Gasteiger charge is 2.46. The smallest absolute Gasteiger partial charge is 0.285 e. The Hall–Kier alpha value is -4.07. The summed E-state index contributed by atoms with van der Waals surface area (Å²) in [4.78, 5) is 29.6. The Morgan fingerprint density at radius 1 is 0.844 bits per heavy atom. The van der Waals surface area contributed by atoms with Crippen molar-refractivity contribution in [3.05, 3.63) is 69.5 Å². The Balaban J connectivity index is 1.27. The number of methoxy groups -OCH3 is 1. The summed E-state index contributed by atoms with van der Waals surface area (Å²) in [6.45, 7) is 7.66. The number of hydrazone groups is 1. The van der Waals surface area contributed by atoms with Crippen LogP contribution < -0.4 is 9.91 Å². The Bertz CT molecular complexity index is 1560. The molecule has 1 heterocycles. The van der Waals surface area contributed by atoms with Gasteiger partial charge in [0, 0.05) is 30.4 Å². The number of aromatic hydroxyl groups is 1. The summed E-state index contributed by atoms with van der Waals surface area (Å²) in [5.41, 5.74) is 4.35. The SMILES string of the molecule is COC1=NN(c2c(C)cc(C)cc2C)C(=O)/C1=C1/C(=O)C(c2ccc(N(CCC3CCCC3)CCC3CCCC3)cc2O)=C1O. The third kappa shape index (κ3) is 5.87. The van der Waals surface area contributed by atoms with E-state index in [-0.39, 0.29) is 39.7 Å². The first-order valence-corrected chi connectivity index (χ1v) is 16.5. The summed E-state index contributed by atoms with van der Waals surface area (Å²) in [6, 6.07) is 9.28. The number of ketones is 1. The standard InChI is InChI=1S/C37H45N3O5/c1-22-19-23(2)33(24(3)20-22)40-37(44)32(36(38-40)45-4)31-34(42)30(35(31)43)28-14-13-27(21-29(28)41)39(17-15-25-9-5-6-10-25)18-16-26-11-7-8-12-26/h13-14,19-21,25-26,41-42H,5-12,15-18H2,1-4H3/b32-31+. The molecule has 1 aliphatic heterocycles. The molecule has 8 nitrogen and oxygen atoms in total. The van der Waals surface area contributed by atoms with Crippen molar-refractivity contribution < 1.29 is 24.5 Å². The molecule has 0 aromatic heterocycles. The first kappa shape index (κ1) is 30.9. The van der Waals surface area contributed by atoms with Gasteiger partial charge in [-0.05, 0) is 68.7 Å². The van der Waals surface area contributed by atoms with Crippen LogP contribution in [0.3, 0.4) is 0 Å². The fourth-order valence-corrected chi connectivity index (χ4v) is 7.86. The number of hydrogen-bond donors (Lipinski definition) is 2. The van der Waals surface area contributed by atoms with Crippen molar-refractivity contribution in [2.75, 3.05) is 30.1 Å². The van der Waals surface area contributed by atoms with Crippen molar-refractivity contribution in [2.24, 2.45) is 16.9 Å². The molecule has 45 heavy (non-hydrogen) atoms. The van der Waals surface area contributed by atoms with Crippen molar-refractivity contribution in [1.29, 1.82) is 0 Å². The highest BCUT2D eigenvalue weighted by molar-refractivity contribution is 6.45. The van der Waals surface area contributed by atoms with Gasteiger partial charge in [-0.3, -0.25) is 9.59 Å². The molecule has 0 atom stereocenters. The van der Waals surface area contributed by atoms with Crippen molar-refractivity contribution in [1.82, 2.24) is 0 Å². The second-order valence-electron chi connectivity index (χ2n) is 13.3. The number of rotatable bonds is 9. The molecular formula is C37H45N3O5. The highest BCUT2D eigenvalue weighted by Crippen LogP contribution is 2.44. The van der Waals surface area contributed by atoms with Crippen LogP contribution in [-0.4, -0.2) is 48.0 Å². The molecule has 0 bridgehead atoms. The summed E-state index contributed by atoms with van der Waals surface area (Å²) in [5, 5.41) is 28.0. The lowest BCUT2D eigenvalue weighted by molar-refractivity contribution is -0.115. The summed E-state index contributed by atoms with van der Waals surface area (Å²) in [5.74, 6) is 0.0211. The van der Waals surface area contributed by atoms with E-state index in [9.17, 15) is 19.8 Å². The molecule has 8 heteroatoms. The van der Waals surface area contributed by atoms with Crippen LogP contribution in [0.2, 0.25) is 0 Å². The molecule has 4 aliphatic rings. The molecule has 0 spiro atoms. The molecule has 2 aromatic carbocycles. The number of anilines is 2. The number of phenolic OH excluding ortho intramolecular Hbond substituents is 1. The third-order valence-corrected chi connectivity index (χ3v) is 10.2. The van der Waals surface area contributed by atoms with Gasteiger partial charge >= 0.3 is 0 Å². The molecule has 2 fully saturated rings. The van der Waals surface area contributed by atoms with Crippen LogP contribution in [0.4, 0.5) is 11.4 Å². The topological polar surface area (TPSA) is 103 Å². The van der Waals surface area contributed by atoms with E-state index in [1.165, 1.54) is 63.5 Å². The molecule has 3 aliphatic carbocycles. The number of carbonyl (C=O) groups excluding carboxylic acids is 2. The predicted molar refractivity (Wildman–Crippen MR) is 178 cm³/mol. The van der Waals surface area contributed by atoms with Crippen LogP contribution in [0.5, 0.6) is 5.75 Å². The van der Waals surface area contributed by atoms with Crippen LogP contribution in [0.25, 0.3) is 5.57 Å². The first-order valence-electron chi connectivity index (χ1n) is 16.5. The van der Waals surface area contributed by atoms with E-state index in [2.05, 4.69) is 10.0 Å². The maximum Gasteiger partial charge on any atom is 0.285 e. The average molecular weight is 612 g/mol. The van der Waals surface area contributed by atoms with Crippen LogP contribution in [0.1, 0.15) is 86.5 Å². The zero-order valence-electron chi connectivity index (χ0n) is 27.0. The number of ether oxygens (including phenoxy) is 1.